The number of H-pyrrole nitrogens is 1. The highest BCUT2D eigenvalue weighted by molar-refractivity contribution is 5.86. The van der Waals surface area contributed by atoms with Crippen LogP contribution in [0.5, 0.6) is 0 Å². The Labute approximate surface area is 143 Å². The molecule has 1 N–H and O–H groups in total. The van der Waals surface area contributed by atoms with E-state index in [1.54, 1.807) is 0 Å². The van der Waals surface area contributed by atoms with Crippen molar-refractivity contribution >= 4 is 16.8 Å². The van der Waals surface area contributed by atoms with Crippen LogP contribution in [-0.2, 0) is 17.8 Å². The highest BCUT2D eigenvalue weighted by Crippen LogP contribution is 2.28. The van der Waals surface area contributed by atoms with Gasteiger partial charge in [-0.2, -0.15) is 0 Å². The summed E-state index contributed by atoms with van der Waals surface area (Å²) in [5.74, 6) is 1.68. The van der Waals surface area contributed by atoms with Gasteiger partial charge in [0.1, 0.15) is 0 Å². The molecule has 2 aromatic rings. The number of likely N-dealkylation sites (tertiary alicyclic amines) is 1. The van der Waals surface area contributed by atoms with Crippen LogP contribution in [0.25, 0.3) is 10.9 Å². The van der Waals surface area contributed by atoms with Gasteiger partial charge in [-0.05, 0) is 24.3 Å². The SMILES string of the molecule is C[C@H]1C[C@H](C)CN(CC(=O)N2CCc3[nH]c4ccccc4c3C2)C1. The van der Waals surface area contributed by atoms with E-state index in [9.17, 15) is 4.79 Å². The minimum Gasteiger partial charge on any atom is -0.358 e. The monoisotopic (exact) mass is 325 g/mol. The molecular formula is C20H27N3O. The van der Waals surface area contributed by atoms with Gasteiger partial charge in [0.15, 0.2) is 0 Å². The summed E-state index contributed by atoms with van der Waals surface area (Å²) in [6.07, 6.45) is 2.22. The Morgan fingerprint density at radius 3 is 2.75 bits per heavy atom. The number of aromatic nitrogens is 1. The lowest BCUT2D eigenvalue weighted by molar-refractivity contribution is -0.134. The second-order valence-electron chi connectivity index (χ2n) is 7.83. The zero-order valence-corrected chi connectivity index (χ0v) is 14.7. The second kappa shape index (κ2) is 6.25. The molecule has 1 aromatic carbocycles. The lowest BCUT2D eigenvalue weighted by Gasteiger charge is -2.36. The van der Waals surface area contributed by atoms with Gasteiger partial charge < -0.3 is 9.88 Å². The number of hydrogen-bond donors (Lipinski definition) is 1. The van der Waals surface area contributed by atoms with Gasteiger partial charge in [0, 0.05) is 54.8 Å². The van der Waals surface area contributed by atoms with E-state index in [1.165, 1.54) is 28.6 Å². The van der Waals surface area contributed by atoms with E-state index in [0.717, 1.165) is 32.6 Å². The van der Waals surface area contributed by atoms with Gasteiger partial charge in [0.25, 0.3) is 0 Å². The molecule has 0 unspecified atom stereocenters. The third kappa shape index (κ3) is 2.95. The highest BCUT2D eigenvalue weighted by atomic mass is 16.2. The third-order valence-electron chi connectivity index (χ3n) is 5.54. The minimum atomic E-state index is 0.284. The van der Waals surface area contributed by atoms with E-state index in [1.807, 2.05) is 4.90 Å². The molecule has 1 aromatic heterocycles. The largest absolute Gasteiger partial charge is 0.358 e. The molecule has 1 fully saturated rings. The van der Waals surface area contributed by atoms with Crippen molar-refractivity contribution < 1.29 is 4.79 Å². The summed E-state index contributed by atoms with van der Waals surface area (Å²) in [5.41, 5.74) is 3.81. The quantitative estimate of drug-likeness (QED) is 0.922. The average molecular weight is 325 g/mol. The first-order chi connectivity index (χ1) is 11.6. The number of piperidine rings is 1. The number of hydrogen-bond acceptors (Lipinski definition) is 2. The Balaban J connectivity index is 1.47. The number of amides is 1. The lowest BCUT2D eigenvalue weighted by Crippen LogP contribution is -2.46. The van der Waals surface area contributed by atoms with Crippen LogP contribution in [0.15, 0.2) is 24.3 Å². The summed E-state index contributed by atoms with van der Waals surface area (Å²) >= 11 is 0. The van der Waals surface area contributed by atoms with Crippen molar-refractivity contribution in [3.63, 3.8) is 0 Å². The third-order valence-corrected chi connectivity index (χ3v) is 5.54. The number of benzene rings is 1. The molecule has 0 radical (unpaired) electrons. The molecule has 4 nitrogen and oxygen atoms in total. The number of aromatic amines is 1. The van der Waals surface area contributed by atoms with E-state index in [2.05, 4.69) is 48.0 Å². The maximum Gasteiger partial charge on any atom is 0.237 e. The number of nitrogens with one attached hydrogen (secondary N) is 1. The van der Waals surface area contributed by atoms with Crippen LogP contribution in [0.2, 0.25) is 0 Å². The van der Waals surface area contributed by atoms with E-state index in [-0.39, 0.29) is 5.91 Å². The van der Waals surface area contributed by atoms with Gasteiger partial charge in [-0.3, -0.25) is 9.69 Å². The van der Waals surface area contributed by atoms with Crippen molar-refractivity contribution in [3.8, 4) is 0 Å². The fraction of sp³-hybridized carbons (Fsp3) is 0.550. The molecule has 1 amide bonds. The topological polar surface area (TPSA) is 39.3 Å². The van der Waals surface area contributed by atoms with Crippen LogP contribution in [-0.4, -0.2) is 46.9 Å². The normalized spacial score (nSPS) is 25.0. The Bertz CT molecular complexity index is 740. The van der Waals surface area contributed by atoms with Gasteiger partial charge in [-0.1, -0.05) is 32.0 Å². The van der Waals surface area contributed by atoms with Crippen LogP contribution < -0.4 is 0 Å². The van der Waals surface area contributed by atoms with Crippen LogP contribution in [0.1, 0.15) is 31.5 Å². The summed E-state index contributed by atoms with van der Waals surface area (Å²) in [7, 11) is 0. The van der Waals surface area contributed by atoms with Crippen molar-refractivity contribution in [2.75, 3.05) is 26.2 Å². The van der Waals surface area contributed by atoms with Crippen LogP contribution in [0, 0.1) is 11.8 Å². The fourth-order valence-corrected chi connectivity index (χ4v) is 4.59. The number of rotatable bonds is 2. The van der Waals surface area contributed by atoms with Gasteiger partial charge in [0.05, 0.1) is 6.54 Å². The molecule has 0 saturated carbocycles. The van der Waals surface area contributed by atoms with Gasteiger partial charge >= 0.3 is 0 Å². The van der Waals surface area contributed by atoms with Crippen molar-refractivity contribution in [2.24, 2.45) is 11.8 Å². The summed E-state index contributed by atoms with van der Waals surface area (Å²) < 4.78 is 0. The molecule has 1 saturated heterocycles. The highest BCUT2D eigenvalue weighted by Gasteiger charge is 2.28. The van der Waals surface area contributed by atoms with E-state index in [4.69, 9.17) is 0 Å². The first-order valence-corrected chi connectivity index (χ1v) is 9.18. The molecule has 3 heterocycles. The van der Waals surface area contributed by atoms with Crippen molar-refractivity contribution in [3.05, 3.63) is 35.5 Å². The predicted octanol–water partition coefficient (Wildman–Crippen LogP) is 3.03. The lowest BCUT2D eigenvalue weighted by atomic mass is 9.92. The number of nitrogens with zero attached hydrogens (tertiary/aromatic N) is 2. The number of fused-ring (bicyclic) bond motifs is 3. The zero-order chi connectivity index (χ0) is 16.7. The Morgan fingerprint density at radius 1 is 1.21 bits per heavy atom. The van der Waals surface area contributed by atoms with E-state index in [0.29, 0.717) is 18.4 Å². The van der Waals surface area contributed by atoms with Crippen LogP contribution in [0.3, 0.4) is 0 Å². The molecule has 2 atom stereocenters. The summed E-state index contributed by atoms with van der Waals surface area (Å²) in [6.45, 7) is 8.87. The van der Waals surface area contributed by atoms with E-state index >= 15 is 0 Å². The standard InChI is InChI=1S/C20H27N3O/c1-14-9-15(2)11-22(10-14)13-20(24)23-8-7-19-17(12-23)16-5-3-4-6-18(16)21-19/h3-6,14-15,21H,7-13H2,1-2H3/t14-,15-/m0/s1. The summed E-state index contributed by atoms with van der Waals surface area (Å²) in [6, 6.07) is 8.42. The second-order valence-corrected chi connectivity index (χ2v) is 7.83. The maximum absolute atomic E-state index is 12.8. The summed E-state index contributed by atoms with van der Waals surface area (Å²) in [5, 5.41) is 1.27. The molecule has 0 aliphatic carbocycles. The Hall–Kier alpha value is -1.81. The molecule has 0 bridgehead atoms. The molecule has 0 spiro atoms. The van der Waals surface area contributed by atoms with Crippen LogP contribution in [0.4, 0.5) is 0 Å². The molecule has 128 valence electrons. The molecule has 2 aliphatic heterocycles. The minimum absolute atomic E-state index is 0.284. The molecule has 24 heavy (non-hydrogen) atoms. The Kier molecular flexibility index (Phi) is 4.09. The maximum atomic E-state index is 12.8. The van der Waals surface area contributed by atoms with E-state index < -0.39 is 0 Å². The zero-order valence-electron chi connectivity index (χ0n) is 14.7. The average Bonchev–Trinajstić information content (AvgIpc) is 2.91. The van der Waals surface area contributed by atoms with Gasteiger partial charge in [-0.15, -0.1) is 0 Å². The molecule has 2 aliphatic rings. The number of para-hydroxylation sites is 1. The first kappa shape index (κ1) is 15.7. The van der Waals surface area contributed by atoms with Gasteiger partial charge in [0.2, 0.25) is 5.91 Å². The van der Waals surface area contributed by atoms with Gasteiger partial charge in [-0.25, -0.2) is 0 Å². The predicted molar refractivity (Wildman–Crippen MR) is 96.8 cm³/mol. The molecule has 4 heteroatoms. The van der Waals surface area contributed by atoms with Crippen molar-refractivity contribution in [1.29, 1.82) is 0 Å². The molecule has 4 rings (SSSR count). The molecular weight excluding hydrogens is 298 g/mol. The van der Waals surface area contributed by atoms with Crippen molar-refractivity contribution in [2.45, 2.75) is 33.2 Å². The van der Waals surface area contributed by atoms with Crippen molar-refractivity contribution in [1.82, 2.24) is 14.8 Å². The fourth-order valence-electron chi connectivity index (χ4n) is 4.59. The first-order valence-electron chi connectivity index (χ1n) is 9.18. The Morgan fingerprint density at radius 2 is 1.96 bits per heavy atom. The number of carbonyl (C=O) groups excluding carboxylic acids is 1. The van der Waals surface area contributed by atoms with Crippen LogP contribution >= 0.6 is 0 Å². The number of carbonyl (C=O) groups is 1. The summed E-state index contributed by atoms with van der Waals surface area (Å²) in [4.78, 5) is 20.7. The smallest absolute Gasteiger partial charge is 0.237 e.